The van der Waals surface area contributed by atoms with Gasteiger partial charge in [0.05, 0.1) is 17.6 Å². The van der Waals surface area contributed by atoms with Crippen LogP contribution in [0.5, 0.6) is 0 Å². The van der Waals surface area contributed by atoms with Crippen LogP contribution >= 0.6 is 22.6 Å². The zero-order valence-corrected chi connectivity index (χ0v) is 9.95. The van der Waals surface area contributed by atoms with Crippen molar-refractivity contribution < 1.29 is 4.39 Å². The van der Waals surface area contributed by atoms with Crippen LogP contribution in [0.1, 0.15) is 5.82 Å². The highest BCUT2D eigenvalue weighted by atomic mass is 127. The third-order valence-electron chi connectivity index (χ3n) is 2.21. The Morgan fingerprint density at radius 3 is 3.00 bits per heavy atom. The minimum atomic E-state index is -0.349. The highest BCUT2D eigenvalue weighted by Crippen LogP contribution is 2.18. The summed E-state index contributed by atoms with van der Waals surface area (Å²) in [5, 5.41) is 0. The van der Waals surface area contributed by atoms with Crippen molar-refractivity contribution in [3.05, 3.63) is 27.6 Å². The molecule has 0 unspecified atom stereocenters. The van der Waals surface area contributed by atoms with Crippen molar-refractivity contribution in [1.29, 1.82) is 0 Å². The van der Waals surface area contributed by atoms with Gasteiger partial charge >= 0.3 is 0 Å². The van der Waals surface area contributed by atoms with Crippen molar-refractivity contribution in [2.45, 2.75) is 13.5 Å². The number of benzene rings is 1. The van der Waals surface area contributed by atoms with Gasteiger partial charge in [-0.2, -0.15) is 0 Å². The van der Waals surface area contributed by atoms with Gasteiger partial charge in [0.2, 0.25) is 0 Å². The van der Waals surface area contributed by atoms with E-state index in [1.54, 1.807) is 0 Å². The Labute approximate surface area is 95.3 Å². The molecule has 2 aromatic rings. The molecule has 0 spiro atoms. The Morgan fingerprint density at radius 1 is 1.50 bits per heavy atom. The monoisotopic (exact) mass is 304 g/mol. The van der Waals surface area contributed by atoms with Crippen LogP contribution in [-0.4, -0.2) is 16.2 Å². The van der Waals surface area contributed by atoms with Gasteiger partial charge in [0, 0.05) is 3.57 Å². The lowest BCUT2D eigenvalue weighted by Gasteiger charge is -2.02. The fourth-order valence-corrected chi connectivity index (χ4v) is 2.06. The molecule has 1 heterocycles. The zero-order chi connectivity index (χ0) is 10.1. The fourth-order valence-electron chi connectivity index (χ4n) is 1.59. The van der Waals surface area contributed by atoms with E-state index in [1.165, 1.54) is 0 Å². The molecule has 0 saturated carbocycles. The van der Waals surface area contributed by atoms with Crippen molar-refractivity contribution in [3.8, 4) is 0 Å². The second kappa shape index (κ2) is 3.84. The minimum Gasteiger partial charge on any atom is -0.326 e. The number of aromatic nitrogens is 2. The van der Waals surface area contributed by atoms with Crippen LogP contribution in [-0.2, 0) is 6.54 Å². The van der Waals surface area contributed by atoms with Gasteiger partial charge in [-0.15, -0.1) is 0 Å². The molecular weight excluding hydrogens is 294 g/mol. The van der Waals surface area contributed by atoms with Gasteiger partial charge in [0.1, 0.15) is 12.5 Å². The smallest absolute Gasteiger partial charge is 0.107 e. The van der Waals surface area contributed by atoms with Gasteiger partial charge in [-0.1, -0.05) is 0 Å². The molecule has 0 saturated heterocycles. The van der Waals surface area contributed by atoms with Crippen LogP contribution in [0.25, 0.3) is 11.0 Å². The Balaban J connectivity index is 2.64. The molecule has 0 aliphatic heterocycles. The molecule has 1 aromatic heterocycles. The van der Waals surface area contributed by atoms with E-state index < -0.39 is 0 Å². The van der Waals surface area contributed by atoms with Crippen molar-refractivity contribution >= 4 is 33.6 Å². The quantitative estimate of drug-likeness (QED) is 0.780. The highest BCUT2D eigenvalue weighted by Gasteiger charge is 2.06. The van der Waals surface area contributed by atoms with Crippen molar-refractivity contribution in [2.75, 3.05) is 6.67 Å². The van der Waals surface area contributed by atoms with Crippen LogP contribution in [0.4, 0.5) is 4.39 Å². The van der Waals surface area contributed by atoms with E-state index in [4.69, 9.17) is 0 Å². The number of fused-ring (bicyclic) bond motifs is 1. The molecule has 0 aliphatic rings. The Morgan fingerprint density at radius 2 is 2.29 bits per heavy atom. The minimum absolute atomic E-state index is 0.349. The lowest BCUT2D eigenvalue weighted by Crippen LogP contribution is -2.01. The molecule has 0 N–H and O–H groups in total. The molecule has 0 radical (unpaired) electrons. The molecule has 0 amide bonds. The molecule has 0 fully saturated rings. The highest BCUT2D eigenvalue weighted by molar-refractivity contribution is 14.1. The summed E-state index contributed by atoms with van der Waals surface area (Å²) < 4.78 is 15.4. The molecule has 1 aromatic carbocycles. The molecule has 0 bridgehead atoms. The number of rotatable bonds is 2. The molecular formula is C10H10FIN2. The first-order valence-corrected chi connectivity index (χ1v) is 5.48. The normalized spacial score (nSPS) is 11.1. The number of imidazole rings is 1. The first-order valence-electron chi connectivity index (χ1n) is 4.40. The first kappa shape index (κ1) is 9.89. The molecule has 0 atom stereocenters. The average Bonchev–Trinajstić information content (AvgIpc) is 2.43. The molecule has 2 nitrogen and oxygen atoms in total. The van der Waals surface area contributed by atoms with Crippen molar-refractivity contribution in [1.82, 2.24) is 9.55 Å². The number of nitrogens with zero attached hydrogens (tertiary/aromatic N) is 2. The van der Waals surface area contributed by atoms with Crippen LogP contribution in [0, 0.1) is 10.5 Å². The number of aryl methyl sites for hydroxylation is 2. The SMILES string of the molecule is Cc1nc2cc(I)ccc2n1CCF. The Bertz CT molecular complexity index is 464. The molecule has 14 heavy (non-hydrogen) atoms. The predicted octanol–water partition coefficient (Wildman–Crippen LogP) is 2.92. The second-order valence-corrected chi connectivity index (χ2v) is 4.38. The lowest BCUT2D eigenvalue weighted by atomic mass is 10.3. The fraction of sp³-hybridized carbons (Fsp3) is 0.300. The standard InChI is InChI=1S/C10H10FIN2/c1-7-13-9-6-8(12)2-3-10(9)14(7)5-4-11/h2-3,6H,4-5H2,1H3. The number of alkyl halides is 1. The van der Waals surface area contributed by atoms with E-state index in [9.17, 15) is 4.39 Å². The summed E-state index contributed by atoms with van der Waals surface area (Å²) in [5.41, 5.74) is 1.96. The van der Waals surface area contributed by atoms with E-state index in [2.05, 4.69) is 27.6 Å². The van der Waals surface area contributed by atoms with E-state index in [0.29, 0.717) is 6.54 Å². The van der Waals surface area contributed by atoms with Crippen LogP contribution in [0.15, 0.2) is 18.2 Å². The maximum atomic E-state index is 12.3. The lowest BCUT2D eigenvalue weighted by molar-refractivity contribution is 0.446. The summed E-state index contributed by atoms with van der Waals surface area (Å²) in [6.45, 7) is 1.95. The molecule has 2 rings (SSSR count). The third kappa shape index (κ3) is 1.63. The average molecular weight is 304 g/mol. The third-order valence-corrected chi connectivity index (χ3v) is 2.88. The van der Waals surface area contributed by atoms with Gasteiger partial charge in [-0.25, -0.2) is 9.37 Å². The number of hydrogen-bond acceptors (Lipinski definition) is 1. The topological polar surface area (TPSA) is 17.8 Å². The van der Waals surface area contributed by atoms with Gasteiger partial charge in [-0.3, -0.25) is 0 Å². The van der Waals surface area contributed by atoms with Crippen LogP contribution < -0.4 is 0 Å². The van der Waals surface area contributed by atoms with Crippen molar-refractivity contribution in [3.63, 3.8) is 0 Å². The molecule has 74 valence electrons. The van der Waals surface area contributed by atoms with Gasteiger partial charge in [0.25, 0.3) is 0 Å². The van der Waals surface area contributed by atoms with Crippen LogP contribution in [0.3, 0.4) is 0 Å². The molecule has 4 heteroatoms. The maximum absolute atomic E-state index is 12.3. The summed E-state index contributed by atoms with van der Waals surface area (Å²) >= 11 is 2.25. The van der Waals surface area contributed by atoms with Gasteiger partial charge in [0.15, 0.2) is 0 Å². The van der Waals surface area contributed by atoms with Gasteiger partial charge < -0.3 is 4.57 Å². The van der Waals surface area contributed by atoms with E-state index >= 15 is 0 Å². The summed E-state index contributed by atoms with van der Waals surface area (Å²) in [5.74, 6) is 0.875. The zero-order valence-electron chi connectivity index (χ0n) is 7.80. The predicted molar refractivity (Wildman–Crippen MR) is 63.2 cm³/mol. The second-order valence-electron chi connectivity index (χ2n) is 3.13. The van der Waals surface area contributed by atoms with E-state index in [-0.39, 0.29) is 6.67 Å². The van der Waals surface area contributed by atoms with E-state index in [0.717, 1.165) is 20.4 Å². The number of halogens is 2. The summed E-state index contributed by atoms with van der Waals surface area (Å²) in [4.78, 5) is 4.38. The number of hydrogen-bond donors (Lipinski definition) is 0. The maximum Gasteiger partial charge on any atom is 0.107 e. The van der Waals surface area contributed by atoms with Crippen LogP contribution in [0.2, 0.25) is 0 Å². The summed E-state index contributed by atoms with van der Waals surface area (Å²) in [6, 6.07) is 6.02. The first-order chi connectivity index (χ1) is 6.72. The summed E-state index contributed by atoms with van der Waals surface area (Å²) in [6.07, 6.45) is 0. The van der Waals surface area contributed by atoms with Crippen molar-refractivity contribution in [2.24, 2.45) is 0 Å². The molecule has 0 aliphatic carbocycles. The Hall–Kier alpha value is -0.650. The largest absolute Gasteiger partial charge is 0.326 e. The summed E-state index contributed by atoms with van der Waals surface area (Å²) in [7, 11) is 0. The van der Waals surface area contributed by atoms with E-state index in [1.807, 2.05) is 29.7 Å². The van der Waals surface area contributed by atoms with Gasteiger partial charge in [-0.05, 0) is 47.7 Å². The Kier molecular flexibility index (Phi) is 2.71.